The van der Waals surface area contributed by atoms with Gasteiger partial charge < -0.3 is 30.2 Å². The molecule has 1 aromatic carbocycles. The lowest BCUT2D eigenvalue weighted by atomic mass is 9.88. The predicted molar refractivity (Wildman–Crippen MR) is 138 cm³/mol. The molecule has 1 aliphatic rings. The van der Waals surface area contributed by atoms with Crippen molar-refractivity contribution in [3.05, 3.63) is 60.1 Å². The molecule has 2 atom stereocenters. The third-order valence-electron chi connectivity index (χ3n) is 5.81. The third kappa shape index (κ3) is 7.47. The standard InChI is InChI=1S/C24H36N4O3.HI/c1-4-25-22(26-17-23(3,29)21-11-8-14-31-21)27-18-24(12-15-30-16-13-24)28-19(2)20-9-6-5-7-10-20;/h5-11,14,19,28-29H,4,12-13,15-18H2,1-3H3,(H2,25,26,27);1H. The van der Waals surface area contributed by atoms with Gasteiger partial charge >= 0.3 is 0 Å². The molecule has 1 aromatic heterocycles. The van der Waals surface area contributed by atoms with Crippen molar-refractivity contribution in [3.8, 4) is 0 Å². The van der Waals surface area contributed by atoms with Crippen LogP contribution >= 0.6 is 24.0 Å². The average molecular weight is 556 g/mol. The van der Waals surface area contributed by atoms with Crippen LogP contribution in [0, 0.1) is 0 Å². The maximum Gasteiger partial charge on any atom is 0.191 e. The van der Waals surface area contributed by atoms with Gasteiger partial charge in [0.2, 0.25) is 0 Å². The predicted octanol–water partition coefficient (Wildman–Crippen LogP) is 3.56. The van der Waals surface area contributed by atoms with Gasteiger partial charge in [-0.3, -0.25) is 0 Å². The minimum absolute atomic E-state index is 0. The summed E-state index contributed by atoms with van der Waals surface area (Å²) < 4.78 is 11.0. The summed E-state index contributed by atoms with van der Waals surface area (Å²) in [6.07, 6.45) is 3.40. The monoisotopic (exact) mass is 556 g/mol. The second kappa shape index (κ2) is 12.6. The van der Waals surface area contributed by atoms with Crippen LogP contribution < -0.4 is 16.0 Å². The molecule has 2 unspecified atom stereocenters. The molecule has 178 valence electrons. The number of rotatable bonds is 9. The first kappa shape index (κ1) is 26.6. The van der Waals surface area contributed by atoms with E-state index in [0.29, 0.717) is 18.3 Å². The molecule has 0 amide bonds. The molecule has 1 fully saturated rings. The van der Waals surface area contributed by atoms with Gasteiger partial charge in [-0.15, -0.1) is 24.0 Å². The molecular weight excluding hydrogens is 519 g/mol. The van der Waals surface area contributed by atoms with Crippen LogP contribution in [0.1, 0.15) is 51.0 Å². The fraction of sp³-hybridized carbons (Fsp3) is 0.542. The summed E-state index contributed by atoms with van der Waals surface area (Å²) in [7, 11) is 0. The largest absolute Gasteiger partial charge is 0.466 e. The molecule has 0 saturated carbocycles. The Labute approximate surface area is 208 Å². The van der Waals surface area contributed by atoms with Crippen LogP contribution in [-0.4, -0.2) is 49.5 Å². The van der Waals surface area contributed by atoms with Crippen LogP contribution in [0.5, 0.6) is 0 Å². The molecule has 0 aliphatic carbocycles. The number of nitrogens with one attached hydrogen (secondary N) is 3. The highest BCUT2D eigenvalue weighted by atomic mass is 127. The molecule has 7 nitrogen and oxygen atoms in total. The number of hydrogen-bond donors (Lipinski definition) is 4. The Balaban J connectivity index is 0.00000363. The molecule has 2 aromatic rings. The highest BCUT2D eigenvalue weighted by molar-refractivity contribution is 14.0. The first-order chi connectivity index (χ1) is 14.9. The summed E-state index contributed by atoms with van der Waals surface area (Å²) in [5.74, 6) is 1.18. The molecule has 32 heavy (non-hydrogen) atoms. The maximum atomic E-state index is 10.7. The van der Waals surface area contributed by atoms with E-state index in [1.807, 2.05) is 13.0 Å². The van der Waals surface area contributed by atoms with E-state index in [9.17, 15) is 5.11 Å². The quantitative estimate of drug-likeness (QED) is 0.215. The van der Waals surface area contributed by atoms with Gasteiger partial charge in [0.05, 0.1) is 12.8 Å². The van der Waals surface area contributed by atoms with Crippen molar-refractivity contribution in [3.63, 3.8) is 0 Å². The van der Waals surface area contributed by atoms with E-state index in [4.69, 9.17) is 9.15 Å². The number of nitrogens with zero attached hydrogens (tertiary/aromatic N) is 1. The number of aliphatic imine (C=N–C) groups is 1. The lowest BCUT2D eigenvalue weighted by Gasteiger charge is -2.41. The zero-order valence-corrected chi connectivity index (χ0v) is 21.6. The smallest absolute Gasteiger partial charge is 0.191 e. The van der Waals surface area contributed by atoms with Crippen LogP contribution in [0.2, 0.25) is 0 Å². The maximum absolute atomic E-state index is 10.7. The first-order valence-corrected chi connectivity index (χ1v) is 11.1. The van der Waals surface area contributed by atoms with Crippen molar-refractivity contribution in [2.45, 2.75) is 50.8 Å². The van der Waals surface area contributed by atoms with Crippen molar-refractivity contribution in [1.82, 2.24) is 16.0 Å². The fourth-order valence-corrected chi connectivity index (χ4v) is 3.91. The van der Waals surface area contributed by atoms with E-state index in [1.54, 1.807) is 25.3 Å². The van der Waals surface area contributed by atoms with E-state index in [0.717, 1.165) is 32.6 Å². The van der Waals surface area contributed by atoms with E-state index in [1.165, 1.54) is 5.56 Å². The fourth-order valence-electron chi connectivity index (χ4n) is 3.91. The summed E-state index contributed by atoms with van der Waals surface area (Å²) >= 11 is 0. The second-order valence-corrected chi connectivity index (χ2v) is 8.47. The van der Waals surface area contributed by atoms with Crippen molar-refractivity contribution < 1.29 is 14.3 Å². The lowest BCUT2D eigenvalue weighted by Crippen LogP contribution is -2.58. The van der Waals surface area contributed by atoms with E-state index >= 15 is 0 Å². The number of benzene rings is 1. The Hall–Kier alpha value is -1.62. The van der Waals surface area contributed by atoms with Crippen LogP contribution in [0.4, 0.5) is 0 Å². The summed E-state index contributed by atoms with van der Waals surface area (Å²) in [5, 5.41) is 21.3. The summed E-state index contributed by atoms with van der Waals surface area (Å²) in [5.41, 5.74) is -0.00126. The molecular formula is C24H37IN4O3. The molecule has 3 rings (SSSR count). The zero-order chi connectivity index (χ0) is 22.2. The number of furan rings is 1. The Morgan fingerprint density at radius 3 is 2.50 bits per heavy atom. The van der Waals surface area contributed by atoms with Gasteiger partial charge in [-0.1, -0.05) is 30.3 Å². The van der Waals surface area contributed by atoms with Crippen molar-refractivity contribution in [2.24, 2.45) is 4.99 Å². The lowest BCUT2D eigenvalue weighted by molar-refractivity contribution is 0.0353. The number of halogens is 1. The van der Waals surface area contributed by atoms with Gasteiger partial charge in [-0.25, -0.2) is 4.99 Å². The molecule has 1 saturated heterocycles. The zero-order valence-electron chi connectivity index (χ0n) is 19.3. The van der Waals surface area contributed by atoms with Gasteiger partial charge in [-0.05, 0) is 51.3 Å². The van der Waals surface area contributed by atoms with Crippen LogP contribution in [-0.2, 0) is 10.3 Å². The number of guanidine groups is 1. The van der Waals surface area contributed by atoms with Crippen molar-refractivity contribution in [2.75, 3.05) is 32.8 Å². The van der Waals surface area contributed by atoms with Gasteiger partial charge in [0, 0.05) is 37.9 Å². The molecule has 1 aliphatic heterocycles. The minimum atomic E-state index is -1.16. The summed E-state index contributed by atoms with van der Waals surface area (Å²) in [6.45, 7) is 9.05. The molecule has 8 heteroatoms. The average Bonchev–Trinajstić information content (AvgIpc) is 3.33. The van der Waals surface area contributed by atoms with Crippen molar-refractivity contribution in [1.29, 1.82) is 0 Å². The Kier molecular flexibility index (Phi) is 10.5. The highest BCUT2D eigenvalue weighted by Gasteiger charge is 2.34. The minimum Gasteiger partial charge on any atom is -0.466 e. The highest BCUT2D eigenvalue weighted by Crippen LogP contribution is 2.25. The topological polar surface area (TPSA) is 91.1 Å². The van der Waals surface area contributed by atoms with E-state index in [-0.39, 0.29) is 42.1 Å². The van der Waals surface area contributed by atoms with E-state index in [2.05, 4.69) is 52.1 Å². The van der Waals surface area contributed by atoms with Crippen LogP contribution in [0.15, 0.2) is 58.1 Å². The molecule has 4 N–H and O–H groups in total. The molecule has 0 radical (unpaired) electrons. The van der Waals surface area contributed by atoms with Crippen LogP contribution in [0.3, 0.4) is 0 Å². The summed E-state index contributed by atoms with van der Waals surface area (Å²) in [6, 6.07) is 14.2. The SMILES string of the molecule is CCNC(=NCC(C)(O)c1ccco1)NCC1(NC(C)c2ccccc2)CCOCC1.I. The Morgan fingerprint density at radius 2 is 1.88 bits per heavy atom. The number of aliphatic hydroxyl groups is 1. The summed E-state index contributed by atoms with van der Waals surface area (Å²) in [4.78, 5) is 4.62. The second-order valence-electron chi connectivity index (χ2n) is 8.47. The van der Waals surface area contributed by atoms with Gasteiger partial charge in [-0.2, -0.15) is 0 Å². The van der Waals surface area contributed by atoms with Gasteiger partial charge in [0.25, 0.3) is 0 Å². The molecule has 0 spiro atoms. The Morgan fingerprint density at radius 1 is 1.16 bits per heavy atom. The first-order valence-electron chi connectivity index (χ1n) is 11.1. The van der Waals surface area contributed by atoms with Crippen LogP contribution in [0.25, 0.3) is 0 Å². The number of ether oxygens (including phenoxy) is 1. The number of hydrogen-bond acceptors (Lipinski definition) is 5. The van der Waals surface area contributed by atoms with E-state index < -0.39 is 5.60 Å². The van der Waals surface area contributed by atoms with Gasteiger partial charge in [0.1, 0.15) is 11.4 Å². The molecule has 0 bridgehead atoms. The normalized spacial score (nSPS) is 18.8. The molecule has 2 heterocycles. The van der Waals surface area contributed by atoms with Crippen molar-refractivity contribution >= 4 is 29.9 Å². The third-order valence-corrected chi connectivity index (χ3v) is 5.81. The Bertz CT molecular complexity index is 806. The van der Waals surface area contributed by atoms with Gasteiger partial charge in [0.15, 0.2) is 5.96 Å².